The molecule has 4 rings (SSSR count). The van der Waals surface area contributed by atoms with Gasteiger partial charge in [0.2, 0.25) is 0 Å². The van der Waals surface area contributed by atoms with E-state index in [1.165, 1.54) is 11.8 Å². The SMILES string of the molecule is COC(=O)Cn1nnnc1C(c1cccc(O)c1)N1CCN(c2c(Cl)cncc2Cl)CC1. The van der Waals surface area contributed by atoms with Crippen LogP contribution in [-0.2, 0) is 16.1 Å². The number of rotatable bonds is 6. The Hall–Kier alpha value is -2.95. The maximum atomic E-state index is 11.9. The fourth-order valence-corrected chi connectivity index (χ4v) is 4.44. The summed E-state index contributed by atoms with van der Waals surface area (Å²) in [6.45, 7) is 2.46. The van der Waals surface area contributed by atoms with Crippen molar-refractivity contribution in [3.05, 3.63) is 58.1 Å². The summed E-state index contributed by atoms with van der Waals surface area (Å²) in [6, 6.07) is 6.55. The molecule has 0 aliphatic carbocycles. The maximum Gasteiger partial charge on any atom is 0.327 e. The van der Waals surface area contributed by atoms with Crippen molar-refractivity contribution in [2.24, 2.45) is 0 Å². The average Bonchev–Trinajstić information content (AvgIpc) is 3.22. The van der Waals surface area contributed by atoms with Crippen LogP contribution in [0.15, 0.2) is 36.7 Å². The van der Waals surface area contributed by atoms with Crippen molar-refractivity contribution in [2.75, 3.05) is 38.2 Å². The third-order valence-corrected chi connectivity index (χ3v) is 5.87. The fraction of sp³-hybridized carbons (Fsp3) is 0.350. The molecular formula is C20H21Cl2N7O3. The number of esters is 1. The zero-order valence-corrected chi connectivity index (χ0v) is 18.7. The van der Waals surface area contributed by atoms with Gasteiger partial charge in [0.1, 0.15) is 12.3 Å². The molecule has 1 fully saturated rings. The number of ether oxygens (including phenoxy) is 1. The summed E-state index contributed by atoms with van der Waals surface area (Å²) in [4.78, 5) is 20.2. The van der Waals surface area contributed by atoms with Crippen LogP contribution in [0.1, 0.15) is 17.4 Å². The van der Waals surface area contributed by atoms with Crippen molar-refractivity contribution >= 4 is 34.9 Å². The number of carbonyl (C=O) groups is 1. The summed E-state index contributed by atoms with van der Waals surface area (Å²) in [5.41, 5.74) is 1.56. The number of aromatic nitrogens is 5. The van der Waals surface area contributed by atoms with E-state index in [1.54, 1.807) is 30.6 Å². The lowest BCUT2D eigenvalue weighted by atomic mass is 10.0. The van der Waals surface area contributed by atoms with E-state index in [1.807, 2.05) is 6.07 Å². The lowest BCUT2D eigenvalue weighted by Gasteiger charge is -2.40. The number of methoxy groups -OCH3 is 1. The highest BCUT2D eigenvalue weighted by Crippen LogP contribution is 2.35. The summed E-state index contributed by atoms with van der Waals surface area (Å²) < 4.78 is 6.19. The molecule has 1 unspecified atom stereocenters. The van der Waals surface area contributed by atoms with Gasteiger partial charge in [-0.1, -0.05) is 35.3 Å². The van der Waals surface area contributed by atoms with Gasteiger partial charge in [0.05, 0.1) is 28.9 Å². The molecule has 1 atom stereocenters. The van der Waals surface area contributed by atoms with Crippen molar-refractivity contribution in [3.8, 4) is 5.75 Å². The van der Waals surface area contributed by atoms with E-state index >= 15 is 0 Å². The van der Waals surface area contributed by atoms with Crippen molar-refractivity contribution in [1.82, 2.24) is 30.1 Å². The Kier molecular flexibility index (Phi) is 6.73. The molecule has 32 heavy (non-hydrogen) atoms. The first-order chi connectivity index (χ1) is 15.5. The number of benzene rings is 1. The minimum atomic E-state index is -0.458. The molecule has 10 nitrogen and oxygen atoms in total. The highest BCUT2D eigenvalue weighted by molar-refractivity contribution is 6.38. The number of piperazine rings is 1. The van der Waals surface area contributed by atoms with Gasteiger partial charge in [-0.3, -0.25) is 14.7 Å². The Morgan fingerprint density at radius 2 is 1.91 bits per heavy atom. The zero-order valence-electron chi connectivity index (χ0n) is 17.2. The molecule has 1 aliphatic rings. The quantitative estimate of drug-likeness (QED) is 0.533. The highest BCUT2D eigenvalue weighted by Gasteiger charge is 2.32. The molecule has 3 aromatic rings. The first kappa shape index (κ1) is 22.3. The van der Waals surface area contributed by atoms with Crippen LogP contribution in [0.3, 0.4) is 0 Å². The van der Waals surface area contributed by atoms with Gasteiger partial charge in [-0.2, -0.15) is 0 Å². The van der Waals surface area contributed by atoms with Crippen LogP contribution >= 0.6 is 23.2 Å². The number of hydrogen-bond donors (Lipinski definition) is 1. The Morgan fingerprint density at radius 3 is 2.56 bits per heavy atom. The number of aromatic hydroxyl groups is 1. The fourth-order valence-electron chi connectivity index (χ4n) is 3.84. The highest BCUT2D eigenvalue weighted by atomic mass is 35.5. The number of anilines is 1. The molecular weight excluding hydrogens is 457 g/mol. The topological polar surface area (TPSA) is 110 Å². The van der Waals surface area contributed by atoms with Crippen molar-refractivity contribution in [3.63, 3.8) is 0 Å². The predicted octanol–water partition coefficient (Wildman–Crippen LogP) is 2.17. The minimum absolute atomic E-state index is 0.115. The van der Waals surface area contributed by atoms with Crippen LogP contribution in [-0.4, -0.2) is 74.5 Å². The van der Waals surface area contributed by atoms with E-state index in [0.717, 1.165) is 11.3 Å². The molecule has 1 aromatic carbocycles. The van der Waals surface area contributed by atoms with Crippen LogP contribution in [0.5, 0.6) is 5.75 Å². The van der Waals surface area contributed by atoms with Gasteiger partial charge in [-0.05, 0) is 28.1 Å². The predicted molar refractivity (Wildman–Crippen MR) is 118 cm³/mol. The normalized spacial score (nSPS) is 15.5. The summed E-state index contributed by atoms with van der Waals surface area (Å²) >= 11 is 12.7. The number of halogens is 2. The molecule has 0 saturated carbocycles. The number of tetrazole rings is 1. The van der Waals surface area contributed by atoms with Gasteiger partial charge in [-0.15, -0.1) is 5.10 Å². The third kappa shape index (κ3) is 4.62. The molecule has 2 aromatic heterocycles. The Labute approximate surface area is 194 Å². The molecule has 12 heteroatoms. The number of phenolic OH excluding ortho intramolecular Hbond substituents is 1. The zero-order chi connectivity index (χ0) is 22.7. The Balaban J connectivity index is 1.63. The van der Waals surface area contributed by atoms with E-state index in [-0.39, 0.29) is 18.3 Å². The van der Waals surface area contributed by atoms with Crippen LogP contribution in [0.25, 0.3) is 0 Å². The Bertz CT molecular complexity index is 1080. The second kappa shape index (κ2) is 9.68. The van der Waals surface area contributed by atoms with Crippen molar-refractivity contribution in [1.29, 1.82) is 0 Å². The summed E-state index contributed by atoms with van der Waals surface area (Å²) in [7, 11) is 1.31. The van der Waals surface area contributed by atoms with Gasteiger partial charge < -0.3 is 14.7 Å². The van der Waals surface area contributed by atoms with Gasteiger partial charge >= 0.3 is 5.97 Å². The molecule has 0 amide bonds. The number of pyridine rings is 1. The van der Waals surface area contributed by atoms with Gasteiger partial charge in [-0.25, -0.2) is 4.68 Å². The first-order valence-electron chi connectivity index (χ1n) is 9.87. The lowest BCUT2D eigenvalue weighted by Crippen LogP contribution is -2.48. The molecule has 0 bridgehead atoms. The average molecular weight is 478 g/mol. The molecule has 1 aliphatic heterocycles. The monoisotopic (exact) mass is 477 g/mol. The number of nitrogens with zero attached hydrogens (tertiary/aromatic N) is 7. The first-order valence-corrected chi connectivity index (χ1v) is 10.6. The van der Waals surface area contributed by atoms with Crippen molar-refractivity contribution in [2.45, 2.75) is 12.6 Å². The molecule has 168 valence electrons. The summed E-state index contributed by atoms with van der Waals surface area (Å²) in [5, 5.41) is 23.0. The van der Waals surface area contributed by atoms with Gasteiger partial charge in [0.15, 0.2) is 5.82 Å². The van der Waals surface area contributed by atoms with Gasteiger partial charge in [0.25, 0.3) is 0 Å². The van der Waals surface area contributed by atoms with Crippen LogP contribution in [0.2, 0.25) is 10.0 Å². The van der Waals surface area contributed by atoms with Crippen LogP contribution < -0.4 is 4.90 Å². The standard InChI is InChI=1S/C20H21Cl2N7O3/c1-32-17(31)12-29-20(24-25-26-29)18(13-3-2-4-14(30)9-13)27-5-7-28(8-6-27)19-15(21)10-23-11-16(19)22/h2-4,9-11,18,30H,5-8,12H2,1H3. The van der Waals surface area contributed by atoms with E-state index < -0.39 is 5.97 Å². The van der Waals surface area contributed by atoms with E-state index in [2.05, 4.69) is 30.3 Å². The Morgan fingerprint density at radius 1 is 1.19 bits per heavy atom. The van der Waals surface area contributed by atoms with Crippen LogP contribution in [0, 0.1) is 0 Å². The molecule has 1 saturated heterocycles. The number of phenols is 1. The van der Waals surface area contributed by atoms with E-state index in [0.29, 0.717) is 42.0 Å². The minimum Gasteiger partial charge on any atom is -0.508 e. The van der Waals surface area contributed by atoms with Crippen molar-refractivity contribution < 1.29 is 14.6 Å². The van der Waals surface area contributed by atoms with Gasteiger partial charge in [0, 0.05) is 38.6 Å². The summed E-state index contributed by atoms with van der Waals surface area (Å²) in [5.74, 6) is 0.155. The molecule has 3 heterocycles. The smallest absolute Gasteiger partial charge is 0.327 e. The molecule has 0 radical (unpaired) electrons. The third-order valence-electron chi connectivity index (χ3n) is 5.32. The summed E-state index contributed by atoms with van der Waals surface area (Å²) in [6.07, 6.45) is 3.15. The number of carbonyl (C=O) groups excluding carboxylic acids is 1. The van der Waals surface area contributed by atoms with E-state index in [4.69, 9.17) is 27.9 Å². The second-order valence-electron chi connectivity index (χ2n) is 7.24. The second-order valence-corrected chi connectivity index (χ2v) is 8.06. The van der Waals surface area contributed by atoms with E-state index in [9.17, 15) is 9.90 Å². The number of hydrogen-bond acceptors (Lipinski definition) is 9. The molecule has 0 spiro atoms. The van der Waals surface area contributed by atoms with Crippen LogP contribution in [0.4, 0.5) is 5.69 Å². The largest absolute Gasteiger partial charge is 0.508 e. The molecule has 1 N–H and O–H groups in total. The maximum absolute atomic E-state index is 11.9. The lowest BCUT2D eigenvalue weighted by molar-refractivity contribution is -0.141.